The summed E-state index contributed by atoms with van der Waals surface area (Å²) >= 11 is 0. The lowest BCUT2D eigenvalue weighted by Crippen LogP contribution is -2.54. The Morgan fingerprint density at radius 1 is 1.00 bits per heavy atom. The van der Waals surface area contributed by atoms with Crippen LogP contribution in [-0.2, 0) is 23.9 Å². The fraction of sp³-hybridized carbons (Fsp3) is 0.436. The second-order valence-corrected chi connectivity index (χ2v) is 21.0. The molecular weight excluding hydrogens is 999 g/mol. The van der Waals surface area contributed by atoms with Crippen LogP contribution in [0, 0.1) is 29.9 Å². The summed E-state index contributed by atoms with van der Waals surface area (Å²) in [6.07, 6.45) is 10.8. The lowest BCUT2D eigenvalue weighted by Gasteiger charge is -2.35. The number of phenolic OH excluding ortho intramolecular Hbond substituents is 1. The fourth-order valence-corrected chi connectivity index (χ4v) is 12.2. The highest BCUT2D eigenvalue weighted by Gasteiger charge is 2.53. The molecule has 0 aliphatic carbocycles. The van der Waals surface area contributed by atoms with Crippen molar-refractivity contribution in [3.05, 3.63) is 77.0 Å². The maximum atomic E-state index is 17.3. The number of piperidine rings is 1. The molecule has 400 valence electrons. The standard InChI is InChI=1S/C55H56F2N10O10/c1-4-35-39(56)11-8-30-20-34(68)21-37(44(30)35)47-46(57)48-38(23-58-47)49(65-25-31-9-10-32(26-65)59-31)63-53(62-48)77-28-55-16-14-33(66(55)24-29(2)22-55)27-76-54(74)64(3)17-19-75-18-15-43(70)60-40-7-5-6-36-45(40)52(73)67(51(36)72)41-12-13-42(69)61-50(41)71/h1,5-8,11,20-21,23,29,31-33,41,59,68H,9-10,12-19,22,24-28H2,2-3H3,(H,60,70)(H,61,69,71)/t29?,31?,32?,33-,41?,55-/m0/s1. The highest BCUT2D eigenvalue weighted by atomic mass is 19.1. The molecule has 2 bridgehead atoms. The summed E-state index contributed by atoms with van der Waals surface area (Å²) in [5.74, 6) is -1.64. The molecule has 4 unspecified atom stereocenters. The summed E-state index contributed by atoms with van der Waals surface area (Å²) in [6.45, 7) is 4.72. The minimum absolute atomic E-state index is 0.00112. The summed E-state index contributed by atoms with van der Waals surface area (Å²) in [5, 5.41) is 20.2. The van der Waals surface area contributed by atoms with Crippen LogP contribution < -0.4 is 25.6 Å². The van der Waals surface area contributed by atoms with Crippen molar-refractivity contribution < 1.29 is 56.9 Å². The van der Waals surface area contributed by atoms with Crippen molar-refractivity contribution in [2.24, 2.45) is 5.92 Å². The van der Waals surface area contributed by atoms with Crippen LogP contribution in [0.3, 0.4) is 0 Å². The van der Waals surface area contributed by atoms with Gasteiger partial charge in [0.05, 0.1) is 52.9 Å². The molecule has 0 spiro atoms. The first-order valence-electron chi connectivity index (χ1n) is 25.9. The average molecular weight is 1060 g/mol. The van der Waals surface area contributed by atoms with Gasteiger partial charge in [-0.05, 0) is 80.2 Å². The minimum Gasteiger partial charge on any atom is -0.508 e. The number of rotatable bonds is 15. The Balaban J connectivity index is 0.711. The molecule has 4 N–H and O–H groups in total. The topological polar surface area (TPSA) is 238 Å². The first-order valence-corrected chi connectivity index (χ1v) is 25.9. The molecule has 8 heterocycles. The van der Waals surface area contributed by atoms with Crippen molar-refractivity contribution in [1.82, 2.24) is 40.3 Å². The highest BCUT2D eigenvalue weighted by molar-refractivity contribution is 6.26. The first-order chi connectivity index (χ1) is 37.1. The molecule has 6 aliphatic heterocycles. The third kappa shape index (κ3) is 9.60. The number of aromatic nitrogens is 3. The van der Waals surface area contributed by atoms with E-state index in [0.717, 1.165) is 43.5 Å². The van der Waals surface area contributed by atoms with E-state index in [9.17, 15) is 33.9 Å². The molecule has 11 rings (SSSR count). The van der Waals surface area contributed by atoms with Gasteiger partial charge in [-0.1, -0.05) is 25.0 Å². The lowest BCUT2D eigenvalue weighted by molar-refractivity contribution is -0.136. The number of phenols is 1. The Kier molecular flexibility index (Phi) is 13.7. The number of amides is 6. The molecule has 5 saturated heterocycles. The van der Waals surface area contributed by atoms with E-state index in [-0.39, 0.29) is 127 Å². The molecular formula is C55H56F2N10O10. The van der Waals surface area contributed by atoms with E-state index in [4.69, 9.17) is 25.6 Å². The van der Waals surface area contributed by atoms with Crippen molar-refractivity contribution in [1.29, 1.82) is 0 Å². The van der Waals surface area contributed by atoms with Gasteiger partial charge in [0.2, 0.25) is 17.7 Å². The number of carbonyl (C=O) groups excluding carboxylic acids is 6. The van der Waals surface area contributed by atoms with Crippen molar-refractivity contribution in [3.8, 4) is 35.4 Å². The van der Waals surface area contributed by atoms with Crippen LogP contribution in [0.25, 0.3) is 32.9 Å². The number of hydrogen-bond acceptors (Lipinski definition) is 16. The zero-order valence-electron chi connectivity index (χ0n) is 42.4. The number of aromatic hydroxyl groups is 1. The predicted molar refractivity (Wildman–Crippen MR) is 275 cm³/mol. The largest absolute Gasteiger partial charge is 0.508 e. The number of carbonyl (C=O) groups is 6. The SMILES string of the molecule is C#Cc1c(F)ccc2cc(O)cc(-c3ncc4c(N5CC6CCC(C5)N6)nc(OC[C@@]56CC[C@@H](COC(=O)N(C)CCOCCC(=O)Nc7cccc8c7C(=O)N(C7CCC(=O)NC7=O)C8=O)N5CC(C)C6)nc4c3F)c12. The van der Waals surface area contributed by atoms with Crippen LogP contribution >= 0.6 is 0 Å². The molecule has 5 fully saturated rings. The number of anilines is 2. The van der Waals surface area contributed by atoms with Gasteiger partial charge in [0.1, 0.15) is 47.9 Å². The van der Waals surface area contributed by atoms with Crippen LogP contribution in [0.5, 0.6) is 11.8 Å². The molecule has 0 saturated carbocycles. The Labute approximate surface area is 440 Å². The summed E-state index contributed by atoms with van der Waals surface area (Å²) < 4.78 is 50.4. The second kappa shape index (κ2) is 20.6. The van der Waals surface area contributed by atoms with Gasteiger partial charge >= 0.3 is 12.1 Å². The predicted octanol–water partition coefficient (Wildman–Crippen LogP) is 4.89. The van der Waals surface area contributed by atoms with E-state index < -0.39 is 58.8 Å². The number of imide groups is 2. The molecule has 6 atom stereocenters. The van der Waals surface area contributed by atoms with Gasteiger partial charge < -0.3 is 39.8 Å². The van der Waals surface area contributed by atoms with Crippen molar-refractivity contribution in [2.45, 2.75) is 88.0 Å². The average Bonchev–Trinajstić information content (AvgIpc) is 4.25. The van der Waals surface area contributed by atoms with E-state index in [2.05, 4.69) is 48.6 Å². The molecule has 3 aromatic carbocycles. The van der Waals surface area contributed by atoms with E-state index in [0.29, 0.717) is 35.6 Å². The van der Waals surface area contributed by atoms with Gasteiger partial charge in [0, 0.05) is 74.9 Å². The van der Waals surface area contributed by atoms with Crippen molar-refractivity contribution in [3.63, 3.8) is 0 Å². The Bertz CT molecular complexity index is 3330. The Hall–Kier alpha value is -7.87. The van der Waals surface area contributed by atoms with Gasteiger partial charge in [0.15, 0.2) is 5.82 Å². The number of pyridine rings is 1. The van der Waals surface area contributed by atoms with E-state index in [1.54, 1.807) is 7.05 Å². The van der Waals surface area contributed by atoms with Crippen molar-refractivity contribution >= 4 is 68.8 Å². The molecule has 0 radical (unpaired) electrons. The lowest BCUT2D eigenvalue weighted by atomic mass is 9.91. The van der Waals surface area contributed by atoms with Crippen LogP contribution in [0.2, 0.25) is 0 Å². The number of fused-ring (bicyclic) bond motifs is 6. The zero-order valence-corrected chi connectivity index (χ0v) is 42.4. The van der Waals surface area contributed by atoms with Gasteiger partial charge in [-0.15, -0.1) is 6.42 Å². The summed E-state index contributed by atoms with van der Waals surface area (Å²) in [5.41, 5.74) is -0.536. The van der Waals surface area contributed by atoms with Gasteiger partial charge in [0.25, 0.3) is 11.8 Å². The normalized spacial score (nSPS) is 23.8. The van der Waals surface area contributed by atoms with Gasteiger partial charge in [-0.3, -0.25) is 44.1 Å². The Morgan fingerprint density at radius 3 is 2.58 bits per heavy atom. The molecule has 2 aromatic heterocycles. The summed E-state index contributed by atoms with van der Waals surface area (Å²) in [7, 11) is 1.58. The number of benzene rings is 3. The number of nitrogens with zero attached hydrogens (tertiary/aromatic N) is 7. The zero-order chi connectivity index (χ0) is 53.9. The third-order valence-electron chi connectivity index (χ3n) is 15.8. The van der Waals surface area contributed by atoms with Gasteiger partial charge in [-0.25, -0.2) is 13.6 Å². The monoisotopic (exact) mass is 1050 g/mol. The quantitative estimate of drug-likeness (QED) is 0.0621. The number of nitrogens with one attached hydrogen (secondary N) is 3. The molecule has 20 nitrogen and oxygen atoms in total. The summed E-state index contributed by atoms with van der Waals surface area (Å²) in [4.78, 5) is 97.8. The number of halogens is 2. The van der Waals surface area contributed by atoms with Gasteiger partial charge in [-0.2, -0.15) is 9.97 Å². The number of terminal acetylenes is 1. The van der Waals surface area contributed by atoms with E-state index in [1.165, 1.54) is 53.6 Å². The van der Waals surface area contributed by atoms with Crippen LogP contribution in [-0.4, -0.2) is 160 Å². The molecule has 77 heavy (non-hydrogen) atoms. The highest BCUT2D eigenvalue weighted by Crippen LogP contribution is 2.46. The third-order valence-corrected chi connectivity index (χ3v) is 15.8. The fourth-order valence-electron chi connectivity index (χ4n) is 12.2. The van der Waals surface area contributed by atoms with Crippen molar-refractivity contribution in [2.75, 3.05) is 69.9 Å². The Morgan fingerprint density at radius 2 is 1.81 bits per heavy atom. The molecule has 6 amide bonds. The van der Waals surface area contributed by atoms with Crippen LogP contribution in [0.4, 0.5) is 25.1 Å². The summed E-state index contributed by atoms with van der Waals surface area (Å²) in [6, 6.07) is 9.03. The minimum atomic E-state index is -1.14. The molecule has 6 aliphatic rings. The maximum Gasteiger partial charge on any atom is 0.409 e. The number of piperazine rings is 1. The smallest absolute Gasteiger partial charge is 0.409 e. The second-order valence-electron chi connectivity index (χ2n) is 21.0. The van der Waals surface area contributed by atoms with E-state index in [1.807, 2.05) is 0 Å². The number of ether oxygens (including phenoxy) is 3. The molecule has 5 aromatic rings. The maximum absolute atomic E-state index is 17.3. The number of likely N-dealkylation sites (N-methyl/N-ethyl adjacent to an activating group) is 1. The van der Waals surface area contributed by atoms with E-state index >= 15 is 8.78 Å². The molecule has 22 heteroatoms. The first kappa shape index (κ1) is 51.2. The van der Waals surface area contributed by atoms with Crippen LogP contribution in [0.1, 0.15) is 84.6 Å². The number of hydrogen-bond donors (Lipinski definition) is 4. The van der Waals surface area contributed by atoms with Crippen LogP contribution in [0.15, 0.2) is 48.7 Å².